The van der Waals surface area contributed by atoms with Crippen molar-refractivity contribution in [3.8, 4) is 0 Å². The lowest BCUT2D eigenvalue weighted by Crippen LogP contribution is -2.35. The van der Waals surface area contributed by atoms with Crippen LogP contribution in [0.15, 0.2) is 4.79 Å². The Morgan fingerprint density at radius 2 is 2.07 bits per heavy atom. The summed E-state index contributed by atoms with van der Waals surface area (Å²) in [4.78, 5) is 14.0. The van der Waals surface area contributed by atoms with Gasteiger partial charge in [0.25, 0.3) is 0 Å². The second kappa shape index (κ2) is 3.24. The molecule has 0 radical (unpaired) electrons. The van der Waals surface area contributed by atoms with Gasteiger partial charge in [-0.1, -0.05) is 0 Å². The van der Waals surface area contributed by atoms with Gasteiger partial charge in [0.2, 0.25) is 0 Å². The van der Waals surface area contributed by atoms with Gasteiger partial charge in [-0.15, -0.1) is 0 Å². The summed E-state index contributed by atoms with van der Waals surface area (Å²) in [6, 6.07) is 0.144. The Balaban J connectivity index is 2.46. The van der Waals surface area contributed by atoms with Crippen LogP contribution in [0.4, 0.5) is 0 Å². The van der Waals surface area contributed by atoms with Gasteiger partial charge in [-0.25, -0.2) is 9.48 Å². The molecule has 0 amide bonds. The van der Waals surface area contributed by atoms with Crippen molar-refractivity contribution in [2.24, 2.45) is 0 Å². The quantitative estimate of drug-likeness (QED) is 0.638. The van der Waals surface area contributed by atoms with E-state index in [1.807, 2.05) is 20.9 Å². The predicted octanol–water partition coefficient (Wildman–Crippen LogP) is 0.0711. The summed E-state index contributed by atoms with van der Waals surface area (Å²) in [7, 11) is 2.04. The number of likely N-dealkylation sites (N-methyl/N-ethyl adjacent to an activating group) is 1. The van der Waals surface area contributed by atoms with Gasteiger partial charge in [-0.05, 0) is 20.9 Å². The van der Waals surface area contributed by atoms with Crippen molar-refractivity contribution >= 4 is 0 Å². The van der Waals surface area contributed by atoms with Gasteiger partial charge in [0, 0.05) is 13.1 Å². The van der Waals surface area contributed by atoms with Crippen molar-refractivity contribution in [1.29, 1.82) is 0 Å². The summed E-state index contributed by atoms with van der Waals surface area (Å²) >= 11 is 0. The molecule has 5 heteroatoms. The highest BCUT2D eigenvalue weighted by Crippen LogP contribution is 2.07. The number of rotatable bonds is 1. The Morgan fingerprint density at radius 1 is 1.36 bits per heavy atom. The van der Waals surface area contributed by atoms with E-state index < -0.39 is 0 Å². The van der Waals surface area contributed by atoms with Crippen LogP contribution >= 0.6 is 0 Å². The molecule has 0 bridgehead atoms. The van der Waals surface area contributed by atoms with E-state index in [0.717, 1.165) is 25.5 Å². The molecule has 0 saturated carbocycles. The van der Waals surface area contributed by atoms with Crippen molar-refractivity contribution in [3.05, 3.63) is 16.3 Å². The van der Waals surface area contributed by atoms with E-state index in [1.165, 1.54) is 0 Å². The molecule has 2 heterocycles. The van der Waals surface area contributed by atoms with Gasteiger partial charge in [-0.2, -0.15) is 5.10 Å². The van der Waals surface area contributed by atoms with Gasteiger partial charge in [0.15, 0.2) is 0 Å². The molecule has 1 aromatic rings. The molecule has 0 unspecified atom stereocenters. The summed E-state index contributed by atoms with van der Waals surface area (Å²) in [5.74, 6) is 0.887. The molecule has 78 valence electrons. The average Bonchev–Trinajstić information content (AvgIpc) is 2.43. The number of hydrogen-bond acceptors (Lipinski definition) is 3. The Labute approximate surface area is 82.9 Å². The number of fused-ring (bicyclic) bond motifs is 1. The van der Waals surface area contributed by atoms with Crippen LogP contribution in [-0.2, 0) is 13.1 Å². The first-order chi connectivity index (χ1) is 6.59. The highest BCUT2D eigenvalue weighted by atomic mass is 16.2. The van der Waals surface area contributed by atoms with Crippen LogP contribution in [-0.4, -0.2) is 32.8 Å². The SMILES string of the molecule is CC(C)n1nc2n(c1=O)CCN(C)C2. The Hall–Kier alpha value is -1.10. The van der Waals surface area contributed by atoms with Crippen molar-refractivity contribution < 1.29 is 0 Å². The molecule has 1 aromatic heterocycles. The second-order valence-electron chi connectivity index (χ2n) is 4.13. The highest BCUT2D eigenvalue weighted by molar-refractivity contribution is 4.91. The molecule has 0 N–H and O–H groups in total. The zero-order chi connectivity index (χ0) is 10.3. The van der Waals surface area contributed by atoms with E-state index in [0.29, 0.717) is 0 Å². The van der Waals surface area contributed by atoms with Crippen LogP contribution in [0.3, 0.4) is 0 Å². The third-order valence-corrected chi connectivity index (χ3v) is 2.57. The molecule has 1 aliphatic heterocycles. The fourth-order valence-electron chi connectivity index (χ4n) is 1.72. The van der Waals surface area contributed by atoms with E-state index in [1.54, 1.807) is 9.25 Å². The van der Waals surface area contributed by atoms with Gasteiger partial charge < -0.3 is 0 Å². The molecule has 1 aliphatic rings. The first kappa shape index (κ1) is 9.45. The smallest absolute Gasteiger partial charge is 0.297 e. The second-order valence-corrected chi connectivity index (χ2v) is 4.13. The van der Waals surface area contributed by atoms with Crippen LogP contribution in [0.1, 0.15) is 25.7 Å². The Morgan fingerprint density at radius 3 is 2.71 bits per heavy atom. The maximum absolute atomic E-state index is 11.8. The molecule has 0 atom stereocenters. The van der Waals surface area contributed by atoms with Crippen molar-refractivity contribution in [2.75, 3.05) is 13.6 Å². The van der Waals surface area contributed by atoms with Gasteiger partial charge in [0.05, 0.1) is 12.6 Å². The predicted molar refractivity (Wildman–Crippen MR) is 53.2 cm³/mol. The Kier molecular flexibility index (Phi) is 2.19. The van der Waals surface area contributed by atoms with E-state index in [2.05, 4.69) is 10.00 Å². The molecule has 0 saturated heterocycles. The lowest BCUT2D eigenvalue weighted by Gasteiger charge is -2.21. The standard InChI is InChI=1S/C9H16N4O/c1-7(2)13-9(14)12-5-4-11(3)6-8(12)10-13/h7H,4-6H2,1-3H3. The maximum Gasteiger partial charge on any atom is 0.346 e. The molecule has 2 rings (SSSR count). The highest BCUT2D eigenvalue weighted by Gasteiger charge is 2.20. The first-order valence-electron chi connectivity index (χ1n) is 4.96. The summed E-state index contributed by atoms with van der Waals surface area (Å²) in [6.07, 6.45) is 0. The molecule has 0 spiro atoms. The number of hydrogen-bond donors (Lipinski definition) is 0. The normalized spacial score (nSPS) is 17.4. The fourth-order valence-corrected chi connectivity index (χ4v) is 1.72. The maximum atomic E-state index is 11.8. The molecule has 0 aliphatic carbocycles. The third-order valence-electron chi connectivity index (χ3n) is 2.57. The Bertz CT molecular complexity index is 390. The molecular weight excluding hydrogens is 180 g/mol. The lowest BCUT2D eigenvalue weighted by atomic mass is 10.4. The topological polar surface area (TPSA) is 43.1 Å². The number of aromatic nitrogens is 3. The van der Waals surface area contributed by atoms with Gasteiger partial charge in [0.1, 0.15) is 5.82 Å². The zero-order valence-electron chi connectivity index (χ0n) is 8.90. The average molecular weight is 196 g/mol. The fraction of sp³-hybridized carbons (Fsp3) is 0.778. The minimum atomic E-state index is 0.0306. The minimum absolute atomic E-state index is 0.0306. The van der Waals surface area contributed by atoms with Crippen molar-refractivity contribution in [3.63, 3.8) is 0 Å². The molecule has 5 nitrogen and oxygen atoms in total. The lowest BCUT2D eigenvalue weighted by molar-refractivity contribution is 0.262. The summed E-state index contributed by atoms with van der Waals surface area (Å²) in [6.45, 7) is 6.41. The van der Waals surface area contributed by atoms with Crippen LogP contribution in [0.2, 0.25) is 0 Å². The van der Waals surface area contributed by atoms with E-state index in [9.17, 15) is 4.79 Å². The van der Waals surface area contributed by atoms with E-state index >= 15 is 0 Å². The van der Waals surface area contributed by atoms with Crippen LogP contribution in [0.25, 0.3) is 0 Å². The minimum Gasteiger partial charge on any atom is -0.297 e. The van der Waals surface area contributed by atoms with Gasteiger partial charge in [-0.3, -0.25) is 9.47 Å². The van der Waals surface area contributed by atoms with Crippen LogP contribution < -0.4 is 5.69 Å². The molecule has 0 aromatic carbocycles. The van der Waals surface area contributed by atoms with Crippen molar-refractivity contribution in [2.45, 2.75) is 33.0 Å². The third kappa shape index (κ3) is 1.37. The zero-order valence-corrected chi connectivity index (χ0v) is 8.90. The number of nitrogens with zero attached hydrogens (tertiary/aromatic N) is 4. The van der Waals surface area contributed by atoms with E-state index in [4.69, 9.17) is 0 Å². The monoisotopic (exact) mass is 196 g/mol. The van der Waals surface area contributed by atoms with Crippen LogP contribution in [0, 0.1) is 0 Å². The molecule has 14 heavy (non-hydrogen) atoms. The van der Waals surface area contributed by atoms with Gasteiger partial charge >= 0.3 is 5.69 Å². The molecular formula is C9H16N4O. The summed E-state index contributed by atoms with van der Waals surface area (Å²) < 4.78 is 3.34. The summed E-state index contributed by atoms with van der Waals surface area (Å²) in [5, 5.41) is 4.33. The van der Waals surface area contributed by atoms with Crippen molar-refractivity contribution in [1.82, 2.24) is 19.2 Å². The van der Waals surface area contributed by atoms with Crippen LogP contribution in [0.5, 0.6) is 0 Å². The summed E-state index contributed by atoms with van der Waals surface area (Å²) in [5.41, 5.74) is 0.0306. The first-order valence-corrected chi connectivity index (χ1v) is 4.96. The molecule has 0 fully saturated rings. The largest absolute Gasteiger partial charge is 0.346 e. The van der Waals surface area contributed by atoms with E-state index in [-0.39, 0.29) is 11.7 Å².